The molecule has 1 unspecified atom stereocenters. The van der Waals surface area contributed by atoms with Gasteiger partial charge in [0.05, 0.1) is 16.8 Å². The van der Waals surface area contributed by atoms with E-state index in [1.165, 1.54) is 28.0 Å². The number of hydrogen-bond acceptors (Lipinski definition) is 7. The lowest BCUT2D eigenvalue weighted by atomic mass is 9.88. The Bertz CT molecular complexity index is 1120. The molecule has 0 aliphatic heterocycles. The molecule has 154 valence electrons. The quantitative estimate of drug-likeness (QED) is 0.544. The molecule has 1 atom stereocenters. The highest BCUT2D eigenvalue weighted by atomic mass is 32.2. The third kappa shape index (κ3) is 4.00. The summed E-state index contributed by atoms with van der Waals surface area (Å²) >= 11 is 3.01. The van der Waals surface area contributed by atoms with E-state index in [0.29, 0.717) is 32.8 Å². The molecule has 8 heteroatoms. The fourth-order valence-electron chi connectivity index (χ4n) is 3.65. The van der Waals surface area contributed by atoms with Gasteiger partial charge in [0.2, 0.25) is 0 Å². The fourth-order valence-corrected chi connectivity index (χ4v) is 6.16. The predicted octanol–water partition coefficient (Wildman–Crippen LogP) is 5.29. The molecule has 0 saturated carbocycles. The number of aryl methyl sites for hydroxylation is 2. The fraction of sp³-hybridized carbons (Fsp3) is 0.364. The van der Waals surface area contributed by atoms with Crippen molar-refractivity contribution in [1.82, 2.24) is 10.1 Å². The number of nitrogens with one attached hydrogen (secondary N) is 1. The molecular weight excluding hydrogens is 416 g/mol. The minimum absolute atomic E-state index is 0.243. The van der Waals surface area contributed by atoms with E-state index in [1.54, 1.807) is 18.3 Å². The summed E-state index contributed by atoms with van der Waals surface area (Å²) in [4.78, 5) is 18.7. The summed E-state index contributed by atoms with van der Waals surface area (Å²) in [6.45, 7) is 6.01. The van der Waals surface area contributed by atoms with Crippen LogP contribution in [0.4, 0.5) is 5.00 Å². The number of anilines is 1. The Kier molecular flexibility index (Phi) is 5.93. The van der Waals surface area contributed by atoms with Crippen molar-refractivity contribution in [2.24, 2.45) is 5.92 Å². The van der Waals surface area contributed by atoms with Gasteiger partial charge in [-0.15, -0.1) is 23.1 Å². The number of rotatable bonds is 5. The van der Waals surface area contributed by atoms with Gasteiger partial charge in [0.1, 0.15) is 21.9 Å². The summed E-state index contributed by atoms with van der Waals surface area (Å²) in [5.74, 6) is 1.76. The first-order valence-corrected chi connectivity index (χ1v) is 11.6. The molecule has 0 saturated heterocycles. The number of nitrogens with zero attached hydrogens (tertiary/aromatic N) is 3. The van der Waals surface area contributed by atoms with E-state index in [1.807, 2.05) is 13.8 Å². The molecule has 1 amide bonds. The smallest absolute Gasteiger partial charge is 0.259 e. The highest BCUT2D eigenvalue weighted by molar-refractivity contribution is 7.98. The van der Waals surface area contributed by atoms with Crippen molar-refractivity contribution in [2.75, 3.05) is 5.32 Å². The number of carbonyl (C=O) groups excluding carboxylic acids is 1. The van der Waals surface area contributed by atoms with Crippen LogP contribution in [-0.4, -0.2) is 16.0 Å². The van der Waals surface area contributed by atoms with Crippen molar-refractivity contribution in [2.45, 2.75) is 50.8 Å². The molecule has 1 aliphatic carbocycles. The van der Waals surface area contributed by atoms with Crippen LogP contribution >= 0.6 is 23.1 Å². The summed E-state index contributed by atoms with van der Waals surface area (Å²) < 4.78 is 5.22. The Labute approximate surface area is 183 Å². The number of nitriles is 1. The molecule has 0 spiro atoms. The molecule has 3 aromatic heterocycles. The number of carbonyl (C=O) groups is 1. The molecule has 3 heterocycles. The Hall–Kier alpha value is -2.63. The average Bonchev–Trinajstić information content (AvgIpc) is 3.24. The van der Waals surface area contributed by atoms with E-state index in [9.17, 15) is 10.1 Å². The van der Waals surface area contributed by atoms with Crippen molar-refractivity contribution in [3.8, 4) is 6.07 Å². The molecule has 4 rings (SSSR count). The van der Waals surface area contributed by atoms with E-state index in [-0.39, 0.29) is 5.91 Å². The Balaban J connectivity index is 1.56. The zero-order valence-corrected chi connectivity index (χ0v) is 18.7. The minimum atomic E-state index is -0.243. The van der Waals surface area contributed by atoms with Crippen LogP contribution in [0.25, 0.3) is 0 Å². The van der Waals surface area contributed by atoms with Gasteiger partial charge in [-0.05, 0) is 56.7 Å². The SMILES string of the molecule is Cc1noc(C)c1CSc1ncccc1C(=O)Nc1sc2c(c1C#N)CCC(C)C2. The maximum absolute atomic E-state index is 13.1. The molecule has 0 fully saturated rings. The third-order valence-corrected chi connectivity index (χ3v) is 7.60. The van der Waals surface area contributed by atoms with Crippen LogP contribution in [0, 0.1) is 31.1 Å². The van der Waals surface area contributed by atoms with Crippen molar-refractivity contribution < 1.29 is 9.32 Å². The zero-order valence-electron chi connectivity index (χ0n) is 17.1. The van der Waals surface area contributed by atoms with E-state index in [0.717, 1.165) is 41.8 Å². The molecule has 0 radical (unpaired) electrons. The molecular formula is C22H22N4O2S2. The van der Waals surface area contributed by atoms with Gasteiger partial charge in [0.25, 0.3) is 5.91 Å². The van der Waals surface area contributed by atoms with Gasteiger partial charge in [-0.25, -0.2) is 4.98 Å². The number of amides is 1. The molecule has 6 nitrogen and oxygen atoms in total. The molecule has 3 aromatic rings. The second kappa shape index (κ2) is 8.62. The van der Waals surface area contributed by atoms with Gasteiger partial charge >= 0.3 is 0 Å². The van der Waals surface area contributed by atoms with E-state index < -0.39 is 0 Å². The number of fused-ring (bicyclic) bond motifs is 1. The lowest BCUT2D eigenvalue weighted by Crippen LogP contribution is -2.14. The second-order valence-electron chi connectivity index (χ2n) is 7.57. The van der Waals surface area contributed by atoms with Crippen molar-refractivity contribution >= 4 is 34.0 Å². The van der Waals surface area contributed by atoms with Gasteiger partial charge in [0.15, 0.2) is 0 Å². The Morgan fingerprint density at radius 2 is 2.30 bits per heavy atom. The molecule has 0 bridgehead atoms. The van der Waals surface area contributed by atoms with Crippen molar-refractivity contribution in [3.63, 3.8) is 0 Å². The topological polar surface area (TPSA) is 91.8 Å². The maximum atomic E-state index is 13.1. The number of thiophene rings is 1. The van der Waals surface area contributed by atoms with Gasteiger partial charge in [-0.3, -0.25) is 4.79 Å². The van der Waals surface area contributed by atoms with Crippen molar-refractivity contribution in [1.29, 1.82) is 5.26 Å². The van der Waals surface area contributed by atoms with E-state index >= 15 is 0 Å². The summed E-state index contributed by atoms with van der Waals surface area (Å²) in [5.41, 5.74) is 4.08. The molecule has 1 N–H and O–H groups in total. The highest BCUT2D eigenvalue weighted by Gasteiger charge is 2.25. The number of aromatic nitrogens is 2. The number of pyridine rings is 1. The lowest BCUT2D eigenvalue weighted by Gasteiger charge is -2.17. The largest absolute Gasteiger partial charge is 0.361 e. The number of hydrogen-bond donors (Lipinski definition) is 1. The summed E-state index contributed by atoms with van der Waals surface area (Å²) in [5, 5.41) is 17.9. The van der Waals surface area contributed by atoms with Crippen LogP contribution < -0.4 is 5.32 Å². The third-order valence-electron chi connectivity index (χ3n) is 5.40. The Morgan fingerprint density at radius 3 is 3.03 bits per heavy atom. The predicted molar refractivity (Wildman–Crippen MR) is 118 cm³/mol. The van der Waals surface area contributed by atoms with Gasteiger partial charge < -0.3 is 9.84 Å². The van der Waals surface area contributed by atoms with Gasteiger partial charge in [-0.2, -0.15) is 5.26 Å². The van der Waals surface area contributed by atoms with Crippen LogP contribution in [0.3, 0.4) is 0 Å². The first-order valence-electron chi connectivity index (χ1n) is 9.83. The lowest BCUT2D eigenvalue weighted by molar-refractivity contribution is 0.102. The van der Waals surface area contributed by atoms with Gasteiger partial charge in [0, 0.05) is 22.4 Å². The first kappa shape index (κ1) is 20.6. The van der Waals surface area contributed by atoms with E-state index in [4.69, 9.17) is 4.52 Å². The summed E-state index contributed by atoms with van der Waals surface area (Å²) in [7, 11) is 0. The normalized spacial score (nSPS) is 15.5. The zero-order chi connectivity index (χ0) is 21.3. The summed E-state index contributed by atoms with van der Waals surface area (Å²) in [6.07, 6.45) is 4.63. The van der Waals surface area contributed by atoms with Crippen LogP contribution in [-0.2, 0) is 18.6 Å². The second-order valence-corrected chi connectivity index (χ2v) is 9.64. The average molecular weight is 439 g/mol. The molecule has 0 aromatic carbocycles. The minimum Gasteiger partial charge on any atom is -0.361 e. The summed E-state index contributed by atoms with van der Waals surface area (Å²) in [6, 6.07) is 5.82. The standard InChI is InChI=1S/C22H22N4O2S2/c1-12-6-7-15-17(10-23)22(30-19(15)9-12)25-20(27)16-5-4-8-24-21(16)29-11-18-13(2)26-28-14(18)3/h4-5,8,12H,6-7,9,11H2,1-3H3,(H,25,27). The Morgan fingerprint density at radius 1 is 1.47 bits per heavy atom. The van der Waals surface area contributed by atoms with Crippen LogP contribution in [0.5, 0.6) is 0 Å². The van der Waals surface area contributed by atoms with Crippen molar-refractivity contribution in [3.05, 3.63) is 56.9 Å². The van der Waals surface area contributed by atoms with Gasteiger partial charge in [-0.1, -0.05) is 12.1 Å². The van der Waals surface area contributed by atoms with Crippen LogP contribution in [0.15, 0.2) is 27.9 Å². The molecule has 1 aliphatic rings. The first-order chi connectivity index (χ1) is 14.5. The van der Waals surface area contributed by atoms with E-state index in [2.05, 4.69) is 28.5 Å². The molecule has 30 heavy (non-hydrogen) atoms. The monoisotopic (exact) mass is 438 g/mol. The maximum Gasteiger partial charge on any atom is 0.259 e. The number of thioether (sulfide) groups is 1. The van der Waals surface area contributed by atoms with Crippen LogP contribution in [0.2, 0.25) is 0 Å². The highest BCUT2D eigenvalue weighted by Crippen LogP contribution is 2.39. The van der Waals surface area contributed by atoms with Crippen LogP contribution in [0.1, 0.15) is 56.7 Å².